The van der Waals surface area contributed by atoms with E-state index in [4.69, 9.17) is 0 Å². The Morgan fingerprint density at radius 1 is 1.10 bits per heavy atom. The molecule has 21 heavy (non-hydrogen) atoms. The molecule has 1 saturated heterocycles. The van der Waals surface area contributed by atoms with Crippen molar-refractivity contribution in [3.05, 3.63) is 48.0 Å². The largest absolute Gasteiger partial charge is 0.307 e. The monoisotopic (exact) mass is 282 g/mol. The van der Waals surface area contributed by atoms with Crippen molar-refractivity contribution in [1.82, 2.24) is 10.2 Å². The van der Waals surface area contributed by atoms with Crippen LogP contribution in [0.25, 0.3) is 10.8 Å². The fraction of sp³-hybridized carbons (Fsp3) is 0.474. The molecule has 1 fully saturated rings. The zero-order valence-corrected chi connectivity index (χ0v) is 13.2. The molecule has 0 amide bonds. The third kappa shape index (κ3) is 3.45. The maximum Gasteiger partial charge on any atom is 0.0294 e. The molecular formula is C19H26N2. The quantitative estimate of drug-likeness (QED) is 0.912. The summed E-state index contributed by atoms with van der Waals surface area (Å²) in [5, 5.41) is 6.48. The summed E-state index contributed by atoms with van der Waals surface area (Å²) in [6, 6.07) is 16.5. The van der Waals surface area contributed by atoms with E-state index in [1.165, 1.54) is 48.8 Å². The van der Waals surface area contributed by atoms with Crippen LogP contribution in [0.15, 0.2) is 42.5 Å². The van der Waals surface area contributed by atoms with Gasteiger partial charge in [0.05, 0.1) is 0 Å². The van der Waals surface area contributed by atoms with Crippen molar-refractivity contribution >= 4 is 10.8 Å². The van der Waals surface area contributed by atoms with E-state index < -0.39 is 0 Å². The number of benzene rings is 2. The average Bonchev–Trinajstić information content (AvgIpc) is 2.55. The Morgan fingerprint density at radius 3 is 2.52 bits per heavy atom. The first kappa shape index (κ1) is 14.6. The maximum absolute atomic E-state index is 3.82. The Kier molecular flexibility index (Phi) is 4.57. The number of rotatable bonds is 4. The highest BCUT2D eigenvalue weighted by Gasteiger charge is 2.19. The first-order chi connectivity index (χ1) is 10.3. The smallest absolute Gasteiger partial charge is 0.0294 e. The molecular weight excluding hydrogens is 256 g/mol. The molecule has 1 aliphatic heterocycles. The van der Waals surface area contributed by atoms with Gasteiger partial charge in [0.25, 0.3) is 0 Å². The SMILES string of the molecule is CCN1CCC(NC(C)c2ccc3ccccc3c2)CC1. The molecule has 0 aliphatic carbocycles. The van der Waals surface area contributed by atoms with Gasteiger partial charge < -0.3 is 10.2 Å². The molecule has 1 heterocycles. The van der Waals surface area contributed by atoms with Crippen LogP contribution in [-0.4, -0.2) is 30.6 Å². The Hall–Kier alpha value is -1.38. The van der Waals surface area contributed by atoms with E-state index in [9.17, 15) is 0 Å². The van der Waals surface area contributed by atoms with E-state index in [0.29, 0.717) is 12.1 Å². The van der Waals surface area contributed by atoms with E-state index in [2.05, 4.69) is 66.5 Å². The molecule has 1 unspecified atom stereocenters. The summed E-state index contributed by atoms with van der Waals surface area (Å²) < 4.78 is 0. The number of piperidine rings is 1. The van der Waals surface area contributed by atoms with Gasteiger partial charge >= 0.3 is 0 Å². The summed E-state index contributed by atoms with van der Waals surface area (Å²) in [4.78, 5) is 2.54. The number of hydrogen-bond acceptors (Lipinski definition) is 2. The minimum Gasteiger partial charge on any atom is -0.307 e. The van der Waals surface area contributed by atoms with Crippen LogP contribution in [0.1, 0.15) is 38.3 Å². The first-order valence-corrected chi connectivity index (χ1v) is 8.23. The summed E-state index contributed by atoms with van der Waals surface area (Å²) in [7, 11) is 0. The minimum absolute atomic E-state index is 0.424. The Bertz CT molecular complexity index is 585. The lowest BCUT2D eigenvalue weighted by Gasteiger charge is -2.33. The Labute approximate surface area is 128 Å². The zero-order chi connectivity index (χ0) is 14.7. The van der Waals surface area contributed by atoms with Gasteiger partial charge in [-0.3, -0.25) is 0 Å². The third-order valence-corrected chi connectivity index (χ3v) is 4.79. The molecule has 0 saturated carbocycles. The molecule has 0 spiro atoms. The maximum atomic E-state index is 3.82. The fourth-order valence-electron chi connectivity index (χ4n) is 3.34. The van der Waals surface area contributed by atoms with E-state index in [1.54, 1.807) is 0 Å². The second-order valence-corrected chi connectivity index (χ2v) is 6.20. The summed E-state index contributed by atoms with van der Waals surface area (Å²) in [5.74, 6) is 0. The van der Waals surface area contributed by atoms with Gasteiger partial charge in [0, 0.05) is 12.1 Å². The Morgan fingerprint density at radius 2 is 1.81 bits per heavy atom. The second kappa shape index (κ2) is 6.59. The van der Waals surface area contributed by atoms with Crippen LogP contribution in [0.2, 0.25) is 0 Å². The van der Waals surface area contributed by atoms with Crippen LogP contribution in [0.5, 0.6) is 0 Å². The van der Waals surface area contributed by atoms with Gasteiger partial charge in [-0.25, -0.2) is 0 Å². The van der Waals surface area contributed by atoms with Crippen molar-refractivity contribution in [2.24, 2.45) is 0 Å². The van der Waals surface area contributed by atoms with Crippen molar-refractivity contribution in [3.8, 4) is 0 Å². The average molecular weight is 282 g/mol. The number of nitrogens with zero attached hydrogens (tertiary/aromatic N) is 1. The highest BCUT2D eigenvalue weighted by molar-refractivity contribution is 5.83. The Balaban J connectivity index is 1.65. The summed E-state index contributed by atoms with van der Waals surface area (Å²) in [6.07, 6.45) is 2.54. The first-order valence-electron chi connectivity index (χ1n) is 8.23. The summed E-state index contributed by atoms with van der Waals surface area (Å²) in [6.45, 7) is 8.20. The summed E-state index contributed by atoms with van der Waals surface area (Å²) >= 11 is 0. The molecule has 0 bridgehead atoms. The van der Waals surface area contributed by atoms with Crippen LogP contribution in [0.3, 0.4) is 0 Å². The number of hydrogen-bond donors (Lipinski definition) is 1. The molecule has 1 aliphatic rings. The minimum atomic E-state index is 0.424. The van der Waals surface area contributed by atoms with E-state index in [-0.39, 0.29) is 0 Å². The number of likely N-dealkylation sites (tertiary alicyclic amines) is 1. The molecule has 0 radical (unpaired) electrons. The van der Waals surface area contributed by atoms with Gasteiger partial charge in [0.15, 0.2) is 0 Å². The van der Waals surface area contributed by atoms with Crippen molar-refractivity contribution in [3.63, 3.8) is 0 Å². The lowest BCUT2D eigenvalue weighted by Crippen LogP contribution is -2.43. The van der Waals surface area contributed by atoms with Gasteiger partial charge in [-0.05, 0) is 61.8 Å². The predicted molar refractivity (Wildman–Crippen MR) is 90.6 cm³/mol. The van der Waals surface area contributed by atoms with Crippen LogP contribution in [-0.2, 0) is 0 Å². The molecule has 112 valence electrons. The fourth-order valence-corrected chi connectivity index (χ4v) is 3.34. The van der Waals surface area contributed by atoms with E-state index >= 15 is 0 Å². The normalized spacial score (nSPS) is 19.0. The van der Waals surface area contributed by atoms with Crippen molar-refractivity contribution in [1.29, 1.82) is 0 Å². The molecule has 1 atom stereocenters. The summed E-state index contributed by atoms with van der Waals surface area (Å²) in [5.41, 5.74) is 1.40. The number of fused-ring (bicyclic) bond motifs is 1. The molecule has 2 heteroatoms. The molecule has 2 aromatic carbocycles. The van der Waals surface area contributed by atoms with Crippen molar-refractivity contribution in [2.45, 2.75) is 38.8 Å². The van der Waals surface area contributed by atoms with Crippen molar-refractivity contribution < 1.29 is 0 Å². The van der Waals surface area contributed by atoms with Gasteiger partial charge in [-0.1, -0.05) is 43.3 Å². The van der Waals surface area contributed by atoms with Crippen LogP contribution in [0.4, 0.5) is 0 Å². The standard InChI is InChI=1S/C19H26N2/c1-3-21-12-10-19(11-13-21)20-15(2)17-9-8-16-6-4-5-7-18(16)14-17/h4-9,14-15,19-20H,3,10-13H2,1-2H3. The van der Waals surface area contributed by atoms with Crippen LogP contribution in [0, 0.1) is 0 Å². The molecule has 2 aromatic rings. The van der Waals surface area contributed by atoms with E-state index in [0.717, 1.165) is 0 Å². The second-order valence-electron chi connectivity index (χ2n) is 6.20. The van der Waals surface area contributed by atoms with Crippen LogP contribution >= 0.6 is 0 Å². The van der Waals surface area contributed by atoms with Gasteiger partial charge in [0.2, 0.25) is 0 Å². The predicted octanol–water partition coefficient (Wildman–Crippen LogP) is 3.97. The van der Waals surface area contributed by atoms with Crippen LogP contribution < -0.4 is 5.32 Å². The molecule has 3 rings (SSSR count). The highest BCUT2D eigenvalue weighted by Crippen LogP contribution is 2.22. The highest BCUT2D eigenvalue weighted by atomic mass is 15.1. The molecule has 1 N–H and O–H groups in total. The molecule has 0 aromatic heterocycles. The molecule has 2 nitrogen and oxygen atoms in total. The zero-order valence-electron chi connectivity index (χ0n) is 13.2. The van der Waals surface area contributed by atoms with E-state index in [1.807, 2.05) is 0 Å². The number of nitrogens with one attached hydrogen (secondary N) is 1. The van der Waals surface area contributed by atoms with Gasteiger partial charge in [-0.15, -0.1) is 0 Å². The van der Waals surface area contributed by atoms with Gasteiger partial charge in [-0.2, -0.15) is 0 Å². The third-order valence-electron chi connectivity index (χ3n) is 4.79. The lowest BCUT2D eigenvalue weighted by atomic mass is 9.99. The van der Waals surface area contributed by atoms with Gasteiger partial charge in [0.1, 0.15) is 0 Å². The van der Waals surface area contributed by atoms with Crippen molar-refractivity contribution in [2.75, 3.05) is 19.6 Å². The topological polar surface area (TPSA) is 15.3 Å². The lowest BCUT2D eigenvalue weighted by molar-refractivity contribution is 0.200.